The van der Waals surface area contributed by atoms with Crippen LogP contribution in [0.2, 0.25) is 0 Å². The van der Waals surface area contributed by atoms with E-state index in [0.717, 1.165) is 6.42 Å². The van der Waals surface area contributed by atoms with E-state index in [1.165, 1.54) is 0 Å². The summed E-state index contributed by atoms with van der Waals surface area (Å²) in [5.41, 5.74) is -0.646. The highest BCUT2D eigenvalue weighted by atomic mass is 35.5. The third-order valence-corrected chi connectivity index (χ3v) is 3.50. The molecule has 0 aromatic rings. The second kappa shape index (κ2) is 2.79. The van der Waals surface area contributed by atoms with Gasteiger partial charge in [0.1, 0.15) is 4.33 Å². The van der Waals surface area contributed by atoms with Crippen LogP contribution in [0.3, 0.4) is 0 Å². The van der Waals surface area contributed by atoms with Gasteiger partial charge < -0.3 is 0 Å². The van der Waals surface area contributed by atoms with Crippen LogP contribution >= 0.6 is 34.8 Å². The van der Waals surface area contributed by atoms with Crippen LogP contribution in [-0.2, 0) is 4.79 Å². The molecule has 4 heteroatoms. The highest BCUT2D eigenvalue weighted by Crippen LogP contribution is 2.67. The van der Waals surface area contributed by atoms with Crippen molar-refractivity contribution in [3.05, 3.63) is 0 Å². The van der Waals surface area contributed by atoms with Crippen molar-refractivity contribution in [3.63, 3.8) is 0 Å². The van der Waals surface area contributed by atoms with Crippen molar-refractivity contribution in [3.8, 4) is 0 Å². The minimum absolute atomic E-state index is 0.399. The molecule has 1 saturated carbocycles. The highest BCUT2D eigenvalue weighted by Gasteiger charge is 2.69. The molecule has 1 aliphatic rings. The molecule has 0 spiro atoms. The molecular formula is C7H9Cl3O. The van der Waals surface area contributed by atoms with E-state index in [0.29, 0.717) is 12.8 Å². The first kappa shape index (κ1) is 9.63. The Morgan fingerprint density at radius 3 is 2.09 bits per heavy atom. The molecule has 0 heterocycles. The van der Waals surface area contributed by atoms with Gasteiger partial charge in [0.25, 0.3) is 0 Å². The van der Waals surface area contributed by atoms with Gasteiger partial charge in [-0.15, -0.1) is 23.2 Å². The van der Waals surface area contributed by atoms with Crippen molar-refractivity contribution < 1.29 is 4.79 Å². The zero-order valence-electron chi connectivity index (χ0n) is 6.16. The number of carbonyl (C=O) groups excluding carboxylic acids is 1. The number of rotatable bonds is 3. The molecule has 0 bridgehead atoms. The van der Waals surface area contributed by atoms with E-state index in [9.17, 15) is 4.79 Å². The van der Waals surface area contributed by atoms with Crippen molar-refractivity contribution in [2.24, 2.45) is 5.41 Å². The second-order valence-corrected chi connectivity index (χ2v) is 4.81. The van der Waals surface area contributed by atoms with Crippen LogP contribution in [0.1, 0.15) is 26.2 Å². The quantitative estimate of drug-likeness (QED) is 0.522. The van der Waals surface area contributed by atoms with E-state index in [4.69, 9.17) is 34.8 Å². The molecule has 0 aromatic heterocycles. The van der Waals surface area contributed by atoms with E-state index in [2.05, 4.69) is 0 Å². The summed E-state index contributed by atoms with van der Waals surface area (Å²) in [6, 6.07) is 0. The summed E-state index contributed by atoms with van der Waals surface area (Å²) in [5.74, 6) is 0. The fourth-order valence-electron chi connectivity index (χ4n) is 1.34. The zero-order chi connectivity index (χ0) is 8.70. The average Bonchev–Trinajstić information content (AvgIpc) is 2.36. The third-order valence-electron chi connectivity index (χ3n) is 2.15. The number of hydrogen-bond donors (Lipinski definition) is 0. The topological polar surface area (TPSA) is 17.1 Å². The maximum Gasteiger partial charge on any atom is 0.230 e. The van der Waals surface area contributed by atoms with E-state index in [1.54, 1.807) is 0 Å². The van der Waals surface area contributed by atoms with Crippen LogP contribution in [0.4, 0.5) is 0 Å². The predicted molar refractivity (Wildman–Crippen MR) is 47.3 cm³/mol. The Kier molecular flexibility index (Phi) is 2.44. The van der Waals surface area contributed by atoms with Gasteiger partial charge >= 0.3 is 0 Å². The van der Waals surface area contributed by atoms with Gasteiger partial charge in [0.05, 0.1) is 5.41 Å². The lowest BCUT2D eigenvalue weighted by Gasteiger charge is -2.10. The molecule has 0 amide bonds. The van der Waals surface area contributed by atoms with Gasteiger partial charge in [-0.1, -0.05) is 13.3 Å². The maximum atomic E-state index is 10.9. The molecule has 1 fully saturated rings. The molecule has 0 N–H and O–H groups in total. The Hall–Kier alpha value is 0.540. The van der Waals surface area contributed by atoms with Crippen LogP contribution in [0.25, 0.3) is 0 Å². The summed E-state index contributed by atoms with van der Waals surface area (Å²) >= 11 is 17.0. The summed E-state index contributed by atoms with van der Waals surface area (Å²) < 4.78 is -0.901. The molecule has 11 heavy (non-hydrogen) atoms. The number of halogens is 3. The van der Waals surface area contributed by atoms with Crippen molar-refractivity contribution in [2.45, 2.75) is 30.5 Å². The highest BCUT2D eigenvalue weighted by molar-refractivity contribution is 6.68. The molecule has 0 aliphatic heterocycles. The van der Waals surface area contributed by atoms with Gasteiger partial charge in [0, 0.05) is 0 Å². The Morgan fingerprint density at radius 2 is 2.00 bits per heavy atom. The molecule has 0 radical (unpaired) electrons. The fraction of sp³-hybridized carbons (Fsp3) is 0.857. The fourth-order valence-corrected chi connectivity index (χ4v) is 2.58. The normalized spacial score (nSPS) is 33.5. The van der Waals surface area contributed by atoms with Crippen LogP contribution in [0, 0.1) is 5.41 Å². The molecule has 0 saturated heterocycles. The number of alkyl halides is 2. The Labute approximate surface area is 81.0 Å². The lowest BCUT2D eigenvalue weighted by molar-refractivity contribution is -0.116. The Balaban J connectivity index is 2.71. The van der Waals surface area contributed by atoms with Gasteiger partial charge in [0.2, 0.25) is 5.24 Å². The molecular weight excluding hydrogens is 206 g/mol. The first-order valence-electron chi connectivity index (χ1n) is 3.54. The number of carbonyl (C=O) groups is 1. The monoisotopic (exact) mass is 214 g/mol. The molecule has 64 valence electrons. The summed E-state index contributed by atoms with van der Waals surface area (Å²) in [7, 11) is 0. The largest absolute Gasteiger partial charge is 0.281 e. The van der Waals surface area contributed by atoms with Crippen LogP contribution in [0.5, 0.6) is 0 Å². The molecule has 1 nitrogen and oxygen atoms in total. The van der Waals surface area contributed by atoms with Crippen LogP contribution < -0.4 is 0 Å². The summed E-state index contributed by atoms with van der Waals surface area (Å²) in [6.07, 6.45) is 2.06. The molecule has 0 aromatic carbocycles. The van der Waals surface area contributed by atoms with E-state index in [-0.39, 0.29) is 0 Å². The lowest BCUT2D eigenvalue weighted by atomic mass is 10.0. The second-order valence-electron chi connectivity index (χ2n) is 2.99. The van der Waals surface area contributed by atoms with E-state index >= 15 is 0 Å². The van der Waals surface area contributed by atoms with Gasteiger partial charge in [0.15, 0.2) is 0 Å². The van der Waals surface area contributed by atoms with Crippen molar-refractivity contribution >= 4 is 40.0 Å². The van der Waals surface area contributed by atoms with E-state index in [1.807, 2.05) is 6.92 Å². The van der Waals surface area contributed by atoms with Crippen LogP contribution in [-0.4, -0.2) is 9.58 Å². The summed E-state index contributed by atoms with van der Waals surface area (Å²) in [6.45, 7) is 1.98. The van der Waals surface area contributed by atoms with Gasteiger partial charge in [-0.25, -0.2) is 0 Å². The first-order chi connectivity index (χ1) is 4.96. The third kappa shape index (κ3) is 1.39. The smallest absolute Gasteiger partial charge is 0.230 e. The molecule has 1 aliphatic carbocycles. The summed E-state index contributed by atoms with van der Waals surface area (Å²) in [4.78, 5) is 10.9. The summed E-state index contributed by atoms with van der Waals surface area (Å²) in [5, 5.41) is -0.399. The van der Waals surface area contributed by atoms with Gasteiger partial charge in [-0.2, -0.15) is 0 Å². The minimum atomic E-state index is -0.901. The number of hydrogen-bond acceptors (Lipinski definition) is 1. The molecule has 1 rings (SSSR count). The van der Waals surface area contributed by atoms with Crippen LogP contribution in [0.15, 0.2) is 0 Å². The van der Waals surface area contributed by atoms with E-state index < -0.39 is 15.0 Å². The van der Waals surface area contributed by atoms with Crippen molar-refractivity contribution in [1.29, 1.82) is 0 Å². The standard InChI is InChI=1S/C7H9Cl3O/c1-2-3-6(5(8)11)4-7(6,9)10/h2-4H2,1H3/t6-/m1/s1. The Bertz CT molecular complexity index is 190. The average molecular weight is 216 g/mol. The maximum absolute atomic E-state index is 10.9. The zero-order valence-corrected chi connectivity index (χ0v) is 8.43. The molecule has 0 unspecified atom stereocenters. The molecule has 1 atom stereocenters. The van der Waals surface area contributed by atoms with Gasteiger partial charge in [-0.05, 0) is 24.4 Å². The lowest BCUT2D eigenvalue weighted by Crippen LogP contribution is -2.16. The first-order valence-corrected chi connectivity index (χ1v) is 4.67. The van der Waals surface area contributed by atoms with Crippen molar-refractivity contribution in [1.82, 2.24) is 0 Å². The minimum Gasteiger partial charge on any atom is -0.281 e. The predicted octanol–water partition coefficient (Wildman–Crippen LogP) is 3.12. The van der Waals surface area contributed by atoms with Gasteiger partial charge in [-0.3, -0.25) is 4.79 Å². The van der Waals surface area contributed by atoms with Crippen molar-refractivity contribution in [2.75, 3.05) is 0 Å². The Morgan fingerprint density at radius 1 is 1.55 bits per heavy atom. The SMILES string of the molecule is CCC[C@]1(C(=O)Cl)CC1(Cl)Cl.